The Labute approximate surface area is 232 Å². The van der Waals surface area contributed by atoms with Crippen molar-refractivity contribution in [2.75, 3.05) is 14.2 Å². The molecule has 2 aromatic heterocycles. The quantitative estimate of drug-likeness (QED) is 0.303. The summed E-state index contributed by atoms with van der Waals surface area (Å²) in [6.45, 7) is -0.0560. The van der Waals surface area contributed by atoms with E-state index in [0.29, 0.717) is 23.1 Å². The summed E-state index contributed by atoms with van der Waals surface area (Å²) in [5.74, 6) is 1.51. The first-order valence-corrected chi connectivity index (χ1v) is 13.2. The SMILES string of the molecule is COc1ccc(CN(C(=O)Cn2nnc(-c3ccc(OC)cc3)n2)[C@H](C(=O)NC2CCCC2)c2ccco2)cc1. The zero-order valence-corrected chi connectivity index (χ0v) is 22.5. The van der Waals surface area contributed by atoms with Gasteiger partial charge in [-0.15, -0.1) is 10.2 Å². The molecule has 2 aromatic carbocycles. The molecule has 2 heterocycles. The molecule has 11 heteroatoms. The molecule has 2 amide bonds. The molecule has 1 saturated carbocycles. The van der Waals surface area contributed by atoms with Gasteiger partial charge < -0.3 is 24.1 Å². The molecule has 1 atom stereocenters. The first kappa shape index (κ1) is 26.9. The molecule has 0 bridgehead atoms. The maximum atomic E-state index is 13.9. The third-order valence-corrected chi connectivity index (χ3v) is 6.98. The molecule has 5 rings (SSSR count). The minimum atomic E-state index is -0.977. The second kappa shape index (κ2) is 12.5. The second-order valence-corrected chi connectivity index (χ2v) is 9.65. The Morgan fingerprint density at radius 1 is 1.02 bits per heavy atom. The van der Waals surface area contributed by atoms with Crippen molar-refractivity contribution in [3.05, 3.63) is 78.3 Å². The first-order chi connectivity index (χ1) is 19.5. The molecule has 40 heavy (non-hydrogen) atoms. The number of benzene rings is 2. The highest BCUT2D eigenvalue weighted by Crippen LogP contribution is 2.27. The fourth-order valence-corrected chi connectivity index (χ4v) is 4.85. The average Bonchev–Trinajstić information content (AvgIpc) is 3.77. The molecule has 0 spiro atoms. The number of hydrogen-bond donors (Lipinski definition) is 1. The number of carbonyl (C=O) groups excluding carboxylic acids is 2. The number of nitrogens with one attached hydrogen (secondary N) is 1. The number of rotatable bonds is 11. The van der Waals surface area contributed by atoms with Crippen molar-refractivity contribution >= 4 is 11.8 Å². The Bertz CT molecular complexity index is 1400. The minimum Gasteiger partial charge on any atom is -0.497 e. The van der Waals surface area contributed by atoms with Crippen LogP contribution in [0.25, 0.3) is 11.4 Å². The number of amides is 2. The number of carbonyl (C=O) groups is 2. The van der Waals surface area contributed by atoms with E-state index in [0.717, 1.165) is 36.8 Å². The van der Waals surface area contributed by atoms with E-state index < -0.39 is 6.04 Å². The maximum Gasteiger partial charge on any atom is 0.250 e. The lowest BCUT2D eigenvalue weighted by atomic mass is 10.1. The van der Waals surface area contributed by atoms with Gasteiger partial charge in [0, 0.05) is 18.2 Å². The number of ether oxygens (including phenoxy) is 2. The van der Waals surface area contributed by atoms with Gasteiger partial charge >= 0.3 is 0 Å². The molecule has 0 radical (unpaired) electrons. The smallest absolute Gasteiger partial charge is 0.250 e. The van der Waals surface area contributed by atoms with Crippen LogP contribution < -0.4 is 14.8 Å². The van der Waals surface area contributed by atoms with Crippen molar-refractivity contribution < 1.29 is 23.5 Å². The van der Waals surface area contributed by atoms with Gasteiger partial charge in [0.15, 0.2) is 6.04 Å². The normalized spacial score (nSPS) is 14.1. The van der Waals surface area contributed by atoms with E-state index in [2.05, 4.69) is 20.7 Å². The maximum absolute atomic E-state index is 13.9. The second-order valence-electron chi connectivity index (χ2n) is 9.65. The fraction of sp³-hybridized carbons (Fsp3) is 0.345. The zero-order chi connectivity index (χ0) is 27.9. The molecule has 0 aliphatic heterocycles. The van der Waals surface area contributed by atoms with Crippen molar-refractivity contribution in [1.82, 2.24) is 30.4 Å². The summed E-state index contributed by atoms with van der Waals surface area (Å²) in [6.07, 6.45) is 5.47. The van der Waals surface area contributed by atoms with Gasteiger partial charge in [-0.05, 0) is 72.1 Å². The molecule has 1 aliphatic rings. The van der Waals surface area contributed by atoms with Crippen molar-refractivity contribution in [3.8, 4) is 22.9 Å². The van der Waals surface area contributed by atoms with Crippen LogP contribution >= 0.6 is 0 Å². The third-order valence-electron chi connectivity index (χ3n) is 6.98. The van der Waals surface area contributed by atoms with Crippen molar-refractivity contribution in [2.24, 2.45) is 0 Å². The monoisotopic (exact) mass is 544 g/mol. The molecule has 208 valence electrons. The van der Waals surface area contributed by atoms with Gasteiger partial charge in [-0.2, -0.15) is 4.80 Å². The van der Waals surface area contributed by atoms with E-state index in [1.165, 1.54) is 16.0 Å². The molecule has 1 fully saturated rings. The van der Waals surface area contributed by atoms with Crippen LogP contribution in [0, 0.1) is 0 Å². The Hall–Kier alpha value is -4.67. The van der Waals surface area contributed by atoms with Gasteiger partial charge in [0.05, 0.1) is 20.5 Å². The summed E-state index contributed by atoms with van der Waals surface area (Å²) >= 11 is 0. The van der Waals surface area contributed by atoms with Crippen LogP contribution in [0.1, 0.15) is 43.0 Å². The Morgan fingerprint density at radius 2 is 1.70 bits per heavy atom. The molecule has 0 unspecified atom stereocenters. The topological polar surface area (TPSA) is 125 Å². The number of methoxy groups -OCH3 is 2. The van der Waals surface area contributed by atoms with Crippen molar-refractivity contribution in [2.45, 2.75) is 50.9 Å². The highest BCUT2D eigenvalue weighted by Gasteiger charge is 2.35. The van der Waals surface area contributed by atoms with E-state index in [9.17, 15) is 9.59 Å². The lowest BCUT2D eigenvalue weighted by Gasteiger charge is -2.30. The molecule has 4 aromatic rings. The standard InChI is InChI=1S/C29H32N6O5/c1-38-23-13-9-20(10-14-23)18-34(27(25-8-5-17-40-25)29(37)30-22-6-3-4-7-22)26(36)19-35-32-28(31-33-35)21-11-15-24(39-2)16-12-21/h5,8-17,22,27H,3-4,6-7,18-19H2,1-2H3,(H,30,37)/t27-/m0/s1. The summed E-state index contributed by atoms with van der Waals surface area (Å²) in [4.78, 5) is 30.3. The van der Waals surface area contributed by atoms with E-state index in [1.54, 1.807) is 38.5 Å². The van der Waals surface area contributed by atoms with Gasteiger partial charge in [0.2, 0.25) is 11.7 Å². The van der Waals surface area contributed by atoms with Gasteiger partial charge in [-0.25, -0.2) is 0 Å². The van der Waals surface area contributed by atoms with Crippen LogP contribution in [0.4, 0.5) is 0 Å². The van der Waals surface area contributed by atoms with Gasteiger partial charge in [0.1, 0.15) is 23.8 Å². The number of furan rings is 1. The molecule has 0 saturated heterocycles. The van der Waals surface area contributed by atoms with Gasteiger partial charge in [-0.1, -0.05) is 25.0 Å². The van der Waals surface area contributed by atoms with E-state index in [4.69, 9.17) is 13.9 Å². The molecular formula is C29H32N6O5. The molecule has 1 N–H and O–H groups in total. The highest BCUT2D eigenvalue weighted by atomic mass is 16.5. The predicted octanol–water partition coefficient (Wildman–Crippen LogP) is 3.78. The number of tetrazole rings is 1. The van der Waals surface area contributed by atoms with E-state index in [1.807, 2.05) is 36.4 Å². The van der Waals surface area contributed by atoms with Crippen LogP contribution in [0.15, 0.2) is 71.3 Å². The third kappa shape index (κ3) is 6.31. The molecule has 11 nitrogen and oxygen atoms in total. The van der Waals surface area contributed by atoms with Crippen LogP contribution in [-0.4, -0.2) is 57.2 Å². The highest BCUT2D eigenvalue weighted by molar-refractivity contribution is 5.88. The summed E-state index contributed by atoms with van der Waals surface area (Å²) in [5.41, 5.74) is 1.56. The number of hydrogen-bond acceptors (Lipinski definition) is 8. The Kier molecular flexibility index (Phi) is 8.38. The molecular weight excluding hydrogens is 512 g/mol. The zero-order valence-electron chi connectivity index (χ0n) is 22.5. The van der Waals surface area contributed by atoms with E-state index >= 15 is 0 Å². The lowest BCUT2D eigenvalue weighted by Crippen LogP contribution is -2.46. The summed E-state index contributed by atoms with van der Waals surface area (Å²) in [7, 11) is 3.19. The summed E-state index contributed by atoms with van der Waals surface area (Å²) in [6, 6.07) is 17.1. The van der Waals surface area contributed by atoms with Crippen LogP contribution in [0.2, 0.25) is 0 Å². The first-order valence-electron chi connectivity index (χ1n) is 13.2. The van der Waals surface area contributed by atoms with Gasteiger partial charge in [-0.3, -0.25) is 9.59 Å². The minimum absolute atomic E-state index is 0.0759. The van der Waals surface area contributed by atoms with Crippen LogP contribution in [0.3, 0.4) is 0 Å². The number of nitrogens with zero attached hydrogens (tertiary/aromatic N) is 5. The van der Waals surface area contributed by atoms with Crippen LogP contribution in [0.5, 0.6) is 11.5 Å². The largest absolute Gasteiger partial charge is 0.497 e. The number of aromatic nitrogens is 4. The van der Waals surface area contributed by atoms with Gasteiger partial charge in [0.25, 0.3) is 5.91 Å². The van der Waals surface area contributed by atoms with Crippen molar-refractivity contribution in [3.63, 3.8) is 0 Å². The Morgan fingerprint density at radius 3 is 2.33 bits per heavy atom. The van der Waals surface area contributed by atoms with E-state index in [-0.39, 0.29) is 30.9 Å². The fourth-order valence-electron chi connectivity index (χ4n) is 4.85. The summed E-state index contributed by atoms with van der Waals surface area (Å²) in [5, 5.41) is 15.7. The van der Waals surface area contributed by atoms with Crippen LogP contribution in [-0.2, 0) is 22.7 Å². The predicted molar refractivity (Wildman–Crippen MR) is 145 cm³/mol. The average molecular weight is 545 g/mol. The lowest BCUT2D eigenvalue weighted by molar-refractivity contribution is -0.143. The Balaban J connectivity index is 1.42. The van der Waals surface area contributed by atoms with Crippen molar-refractivity contribution in [1.29, 1.82) is 0 Å². The summed E-state index contributed by atoms with van der Waals surface area (Å²) < 4.78 is 16.2. The molecule has 1 aliphatic carbocycles.